The average molecular weight is 473 g/mol. The van der Waals surface area contributed by atoms with Crippen LogP contribution in [0, 0.1) is 0 Å². The normalized spacial score (nSPS) is 11.6. The Labute approximate surface area is 173 Å². The number of aromatic nitrogens is 1. The molecule has 2 aromatic rings. The standard InChI is InChI=1S/C19H31N5O.HI/c1-20-19(22-11-13-24(2)12-6-14-25-3)21-10-9-16-15-23-18-8-5-4-7-17(16)18;/h4-5,7-8,15,23H,6,9-14H2,1-3H3,(H2,20,21,22);1H. The van der Waals surface area contributed by atoms with Gasteiger partial charge in [0.2, 0.25) is 0 Å². The molecule has 0 bridgehead atoms. The minimum absolute atomic E-state index is 0. The summed E-state index contributed by atoms with van der Waals surface area (Å²) in [6.45, 7) is 4.56. The van der Waals surface area contributed by atoms with Crippen molar-refractivity contribution < 1.29 is 4.74 Å². The largest absolute Gasteiger partial charge is 0.385 e. The molecule has 146 valence electrons. The van der Waals surface area contributed by atoms with Crippen molar-refractivity contribution in [3.8, 4) is 0 Å². The van der Waals surface area contributed by atoms with Crippen LogP contribution < -0.4 is 10.6 Å². The first-order valence-electron chi connectivity index (χ1n) is 8.91. The highest BCUT2D eigenvalue weighted by atomic mass is 127. The summed E-state index contributed by atoms with van der Waals surface area (Å²) in [7, 11) is 5.68. The molecular weight excluding hydrogens is 441 g/mol. The van der Waals surface area contributed by atoms with Gasteiger partial charge in [0, 0.05) is 64.0 Å². The SMILES string of the molecule is CN=C(NCCc1c[nH]c2ccccc12)NCCN(C)CCCOC.I. The lowest BCUT2D eigenvalue weighted by atomic mass is 10.1. The van der Waals surface area contributed by atoms with Crippen molar-refractivity contribution in [2.45, 2.75) is 12.8 Å². The first kappa shape index (κ1) is 22.7. The quantitative estimate of drug-likeness (QED) is 0.215. The number of hydrogen-bond acceptors (Lipinski definition) is 3. The molecule has 0 fully saturated rings. The second-order valence-electron chi connectivity index (χ2n) is 6.18. The van der Waals surface area contributed by atoms with Gasteiger partial charge in [0.25, 0.3) is 0 Å². The Hall–Kier alpha value is -1.32. The number of nitrogens with zero attached hydrogens (tertiary/aromatic N) is 2. The first-order chi connectivity index (χ1) is 12.2. The number of fused-ring (bicyclic) bond motifs is 1. The van der Waals surface area contributed by atoms with Crippen molar-refractivity contribution in [3.05, 3.63) is 36.0 Å². The topological polar surface area (TPSA) is 64.7 Å². The molecule has 0 saturated carbocycles. The predicted molar refractivity (Wildman–Crippen MR) is 121 cm³/mol. The Morgan fingerprint density at radius 2 is 1.96 bits per heavy atom. The Morgan fingerprint density at radius 3 is 2.73 bits per heavy atom. The van der Waals surface area contributed by atoms with Crippen LogP contribution in [-0.2, 0) is 11.2 Å². The van der Waals surface area contributed by atoms with Gasteiger partial charge >= 0.3 is 0 Å². The Kier molecular flexibility index (Phi) is 11.3. The third-order valence-corrected chi connectivity index (χ3v) is 4.26. The van der Waals surface area contributed by atoms with Crippen LogP contribution >= 0.6 is 24.0 Å². The second kappa shape index (κ2) is 12.9. The molecule has 0 atom stereocenters. The van der Waals surface area contributed by atoms with Crippen molar-refractivity contribution >= 4 is 40.8 Å². The van der Waals surface area contributed by atoms with Crippen LogP contribution in [0.15, 0.2) is 35.5 Å². The highest BCUT2D eigenvalue weighted by Gasteiger charge is 2.04. The number of nitrogens with one attached hydrogen (secondary N) is 3. The van der Waals surface area contributed by atoms with E-state index in [-0.39, 0.29) is 24.0 Å². The second-order valence-corrected chi connectivity index (χ2v) is 6.18. The number of rotatable bonds is 10. The van der Waals surface area contributed by atoms with Crippen LogP contribution in [0.5, 0.6) is 0 Å². The van der Waals surface area contributed by atoms with E-state index in [4.69, 9.17) is 4.74 Å². The molecule has 0 aliphatic heterocycles. The molecule has 2 rings (SSSR count). The van der Waals surface area contributed by atoms with Gasteiger partial charge in [0.05, 0.1) is 0 Å². The Bertz CT molecular complexity index is 658. The highest BCUT2D eigenvalue weighted by Crippen LogP contribution is 2.17. The number of guanidine groups is 1. The van der Waals surface area contributed by atoms with Gasteiger partial charge in [-0.15, -0.1) is 24.0 Å². The number of aromatic amines is 1. The van der Waals surface area contributed by atoms with Crippen LogP contribution in [0.4, 0.5) is 0 Å². The molecule has 1 heterocycles. The molecule has 0 amide bonds. The van der Waals surface area contributed by atoms with E-state index in [1.54, 1.807) is 7.11 Å². The first-order valence-corrected chi connectivity index (χ1v) is 8.91. The number of hydrogen-bond donors (Lipinski definition) is 3. The third kappa shape index (κ3) is 7.51. The molecule has 6 nitrogen and oxygen atoms in total. The van der Waals surface area contributed by atoms with Gasteiger partial charge in [0.1, 0.15) is 0 Å². The lowest BCUT2D eigenvalue weighted by Crippen LogP contribution is -2.41. The molecule has 0 unspecified atom stereocenters. The summed E-state index contributed by atoms with van der Waals surface area (Å²) >= 11 is 0. The Morgan fingerprint density at radius 1 is 1.19 bits per heavy atom. The number of H-pyrrole nitrogens is 1. The number of methoxy groups -OCH3 is 1. The van der Waals surface area contributed by atoms with Crippen molar-refractivity contribution in [2.24, 2.45) is 4.99 Å². The maximum absolute atomic E-state index is 5.08. The average Bonchev–Trinajstić information content (AvgIpc) is 3.04. The smallest absolute Gasteiger partial charge is 0.191 e. The number of likely N-dealkylation sites (N-methyl/N-ethyl adjacent to an activating group) is 1. The van der Waals surface area contributed by atoms with Crippen molar-refractivity contribution in [1.29, 1.82) is 0 Å². The number of benzene rings is 1. The molecule has 1 aromatic heterocycles. The zero-order chi connectivity index (χ0) is 17.9. The van der Waals surface area contributed by atoms with E-state index in [1.807, 2.05) is 7.05 Å². The molecule has 0 radical (unpaired) electrons. The fourth-order valence-electron chi connectivity index (χ4n) is 2.83. The third-order valence-electron chi connectivity index (χ3n) is 4.26. The Balaban J connectivity index is 0.00000338. The number of halogens is 1. The predicted octanol–water partition coefficient (Wildman–Crippen LogP) is 2.46. The van der Waals surface area contributed by atoms with Crippen LogP contribution in [-0.4, -0.2) is 69.8 Å². The van der Waals surface area contributed by atoms with Crippen molar-refractivity contribution in [2.75, 3.05) is 54.0 Å². The number of ether oxygens (including phenoxy) is 1. The zero-order valence-corrected chi connectivity index (χ0v) is 18.4. The summed E-state index contributed by atoms with van der Waals surface area (Å²) in [6, 6.07) is 8.40. The van der Waals surface area contributed by atoms with E-state index in [0.29, 0.717) is 0 Å². The fraction of sp³-hybridized carbons (Fsp3) is 0.526. The molecule has 0 aliphatic carbocycles. The minimum Gasteiger partial charge on any atom is -0.385 e. The molecule has 7 heteroatoms. The summed E-state index contributed by atoms with van der Waals surface area (Å²) in [5.74, 6) is 0.852. The molecule has 26 heavy (non-hydrogen) atoms. The lowest BCUT2D eigenvalue weighted by Gasteiger charge is -2.18. The summed E-state index contributed by atoms with van der Waals surface area (Å²) < 4.78 is 5.08. The minimum atomic E-state index is 0. The highest BCUT2D eigenvalue weighted by molar-refractivity contribution is 14.0. The molecule has 3 N–H and O–H groups in total. The van der Waals surface area contributed by atoms with E-state index in [1.165, 1.54) is 16.5 Å². The maximum atomic E-state index is 5.08. The van der Waals surface area contributed by atoms with Gasteiger partial charge in [-0.1, -0.05) is 18.2 Å². The van der Waals surface area contributed by atoms with Crippen molar-refractivity contribution in [1.82, 2.24) is 20.5 Å². The van der Waals surface area contributed by atoms with E-state index >= 15 is 0 Å². The van der Waals surface area contributed by atoms with Crippen LogP contribution in [0.2, 0.25) is 0 Å². The van der Waals surface area contributed by atoms with E-state index in [9.17, 15) is 0 Å². The van der Waals surface area contributed by atoms with Gasteiger partial charge < -0.3 is 25.3 Å². The van der Waals surface area contributed by atoms with Crippen molar-refractivity contribution in [3.63, 3.8) is 0 Å². The van der Waals surface area contributed by atoms with Gasteiger partial charge in [0.15, 0.2) is 5.96 Å². The van der Waals surface area contributed by atoms with E-state index in [2.05, 4.69) is 63.0 Å². The van der Waals surface area contributed by atoms with E-state index in [0.717, 1.165) is 51.6 Å². The monoisotopic (exact) mass is 473 g/mol. The molecule has 0 spiro atoms. The summed E-state index contributed by atoms with van der Waals surface area (Å²) in [4.78, 5) is 9.91. The van der Waals surface area contributed by atoms with Crippen LogP contribution in [0.3, 0.4) is 0 Å². The van der Waals surface area contributed by atoms with Crippen LogP contribution in [0.25, 0.3) is 10.9 Å². The van der Waals surface area contributed by atoms with Crippen LogP contribution in [0.1, 0.15) is 12.0 Å². The lowest BCUT2D eigenvalue weighted by molar-refractivity contribution is 0.180. The summed E-state index contributed by atoms with van der Waals surface area (Å²) in [5.41, 5.74) is 2.52. The van der Waals surface area contributed by atoms with Gasteiger partial charge in [-0.25, -0.2) is 0 Å². The summed E-state index contributed by atoms with van der Waals surface area (Å²) in [6.07, 6.45) is 4.11. The molecule has 0 aliphatic rings. The van der Waals surface area contributed by atoms with E-state index < -0.39 is 0 Å². The zero-order valence-electron chi connectivity index (χ0n) is 16.0. The van der Waals surface area contributed by atoms with Gasteiger partial charge in [-0.05, 0) is 31.5 Å². The maximum Gasteiger partial charge on any atom is 0.191 e. The molecule has 1 aromatic carbocycles. The number of aliphatic imine (C=N–C) groups is 1. The number of para-hydroxylation sites is 1. The fourth-order valence-corrected chi connectivity index (χ4v) is 2.83. The molecular formula is C19H32IN5O. The van der Waals surface area contributed by atoms with Gasteiger partial charge in [-0.2, -0.15) is 0 Å². The van der Waals surface area contributed by atoms with Gasteiger partial charge in [-0.3, -0.25) is 4.99 Å². The molecule has 0 saturated heterocycles. The summed E-state index contributed by atoms with van der Waals surface area (Å²) in [5, 5.41) is 8.05.